The fourth-order valence-electron chi connectivity index (χ4n) is 3.62. The minimum absolute atomic E-state index is 0.129. The second-order valence-electron chi connectivity index (χ2n) is 7.27. The quantitative estimate of drug-likeness (QED) is 0.602. The van der Waals surface area contributed by atoms with E-state index in [0.29, 0.717) is 5.56 Å². The first-order valence-corrected chi connectivity index (χ1v) is 10.5. The SMILES string of the molecule is CCOC(=O)C1=CN(Cc2ccc(F)cc2)C=C(C(=O)OCC)C1c1ccc(OC)c(O)c1. The van der Waals surface area contributed by atoms with Gasteiger partial charge in [-0.3, -0.25) is 0 Å². The van der Waals surface area contributed by atoms with Gasteiger partial charge in [0.05, 0.1) is 37.4 Å². The lowest BCUT2D eigenvalue weighted by Gasteiger charge is -2.30. The molecular weight excluding hydrogens is 429 g/mol. The van der Waals surface area contributed by atoms with Gasteiger partial charge >= 0.3 is 11.9 Å². The predicted molar refractivity (Wildman–Crippen MR) is 119 cm³/mol. The zero-order valence-corrected chi connectivity index (χ0v) is 18.7. The van der Waals surface area contributed by atoms with Gasteiger partial charge in [-0.25, -0.2) is 14.0 Å². The summed E-state index contributed by atoms with van der Waals surface area (Å²) in [5.41, 5.74) is 1.67. The molecule has 7 nitrogen and oxygen atoms in total. The molecule has 2 aromatic rings. The van der Waals surface area contributed by atoms with Crippen molar-refractivity contribution < 1.29 is 33.3 Å². The molecule has 0 aromatic heterocycles. The van der Waals surface area contributed by atoms with Crippen LogP contribution in [0, 0.1) is 5.82 Å². The summed E-state index contributed by atoms with van der Waals surface area (Å²) in [5.74, 6) is -2.26. The van der Waals surface area contributed by atoms with Gasteiger partial charge in [-0.05, 0) is 49.2 Å². The molecule has 0 bridgehead atoms. The van der Waals surface area contributed by atoms with Gasteiger partial charge in [0.15, 0.2) is 11.5 Å². The number of carbonyl (C=O) groups is 2. The number of carbonyl (C=O) groups excluding carboxylic acids is 2. The number of hydrogen-bond acceptors (Lipinski definition) is 7. The second kappa shape index (κ2) is 10.7. The largest absolute Gasteiger partial charge is 0.504 e. The summed E-state index contributed by atoms with van der Waals surface area (Å²) in [4.78, 5) is 27.5. The van der Waals surface area contributed by atoms with Crippen molar-refractivity contribution in [3.8, 4) is 11.5 Å². The van der Waals surface area contributed by atoms with Crippen LogP contribution in [0.15, 0.2) is 66.0 Å². The molecule has 1 aliphatic heterocycles. The molecule has 0 radical (unpaired) electrons. The van der Waals surface area contributed by atoms with Crippen molar-refractivity contribution in [1.82, 2.24) is 4.90 Å². The van der Waals surface area contributed by atoms with E-state index in [1.54, 1.807) is 55.4 Å². The van der Waals surface area contributed by atoms with Crippen molar-refractivity contribution in [2.45, 2.75) is 26.3 Å². The highest BCUT2D eigenvalue weighted by Gasteiger charge is 2.36. The molecule has 1 N–H and O–H groups in total. The standard InChI is InChI=1S/C25H26FNO6/c1-4-32-24(29)19-14-27(13-16-6-9-18(26)10-7-16)15-20(25(30)33-5-2)23(19)17-8-11-22(31-3)21(28)12-17/h6-12,14-15,23,28H,4-5,13H2,1-3H3. The molecule has 0 fully saturated rings. The molecule has 0 atom stereocenters. The molecule has 3 rings (SSSR count). The fourth-order valence-corrected chi connectivity index (χ4v) is 3.62. The van der Waals surface area contributed by atoms with E-state index in [0.717, 1.165) is 5.56 Å². The number of halogens is 1. The van der Waals surface area contributed by atoms with Crippen LogP contribution in [0.1, 0.15) is 30.9 Å². The van der Waals surface area contributed by atoms with Gasteiger partial charge in [-0.1, -0.05) is 18.2 Å². The minimum atomic E-state index is -0.829. The first-order chi connectivity index (χ1) is 15.9. The molecule has 174 valence electrons. The zero-order valence-electron chi connectivity index (χ0n) is 18.7. The molecule has 0 amide bonds. The van der Waals surface area contributed by atoms with Crippen molar-refractivity contribution in [3.05, 3.63) is 83.0 Å². The van der Waals surface area contributed by atoms with E-state index in [-0.39, 0.29) is 48.2 Å². The highest BCUT2D eigenvalue weighted by atomic mass is 19.1. The summed E-state index contributed by atoms with van der Waals surface area (Å²) in [6.07, 6.45) is 3.19. The Kier molecular flexibility index (Phi) is 7.71. The number of methoxy groups -OCH3 is 1. The number of rotatable bonds is 8. The van der Waals surface area contributed by atoms with Crippen LogP contribution in [0.3, 0.4) is 0 Å². The van der Waals surface area contributed by atoms with E-state index >= 15 is 0 Å². The molecule has 0 aliphatic carbocycles. The summed E-state index contributed by atoms with van der Waals surface area (Å²) >= 11 is 0. The molecule has 0 saturated carbocycles. The minimum Gasteiger partial charge on any atom is -0.504 e. The van der Waals surface area contributed by atoms with Crippen LogP contribution in [-0.2, 0) is 25.6 Å². The highest BCUT2D eigenvalue weighted by molar-refractivity contribution is 5.98. The third-order valence-electron chi connectivity index (χ3n) is 5.07. The molecule has 0 unspecified atom stereocenters. The number of benzene rings is 2. The molecular formula is C25H26FNO6. The topological polar surface area (TPSA) is 85.3 Å². The molecule has 0 saturated heterocycles. The van der Waals surface area contributed by atoms with Crippen LogP contribution >= 0.6 is 0 Å². The summed E-state index contributed by atoms with van der Waals surface area (Å²) in [5, 5.41) is 10.3. The van der Waals surface area contributed by atoms with Gasteiger partial charge in [-0.15, -0.1) is 0 Å². The maximum atomic E-state index is 13.3. The Balaban J connectivity index is 2.09. The van der Waals surface area contributed by atoms with Crippen LogP contribution < -0.4 is 4.74 Å². The monoisotopic (exact) mass is 455 g/mol. The van der Waals surface area contributed by atoms with E-state index in [1.807, 2.05) is 0 Å². The Morgan fingerprint density at radius 2 is 1.55 bits per heavy atom. The van der Waals surface area contributed by atoms with Crippen molar-refractivity contribution in [1.29, 1.82) is 0 Å². The summed E-state index contributed by atoms with van der Waals surface area (Å²) in [6.45, 7) is 3.95. The normalized spacial score (nSPS) is 13.8. The second-order valence-corrected chi connectivity index (χ2v) is 7.27. The van der Waals surface area contributed by atoms with Gasteiger partial charge in [-0.2, -0.15) is 0 Å². The lowest BCUT2D eigenvalue weighted by Crippen LogP contribution is -2.29. The average molecular weight is 455 g/mol. The maximum Gasteiger partial charge on any atom is 0.336 e. The van der Waals surface area contributed by atoms with E-state index in [9.17, 15) is 19.1 Å². The molecule has 8 heteroatoms. The van der Waals surface area contributed by atoms with Gasteiger partial charge < -0.3 is 24.2 Å². The Morgan fingerprint density at radius 1 is 0.970 bits per heavy atom. The predicted octanol–water partition coefficient (Wildman–Crippen LogP) is 4.03. The first-order valence-electron chi connectivity index (χ1n) is 10.5. The van der Waals surface area contributed by atoms with Crippen molar-refractivity contribution in [2.24, 2.45) is 0 Å². The molecule has 0 spiro atoms. The number of phenols is 1. The van der Waals surface area contributed by atoms with Crippen LogP contribution in [0.2, 0.25) is 0 Å². The van der Waals surface area contributed by atoms with Gasteiger partial charge in [0.1, 0.15) is 5.82 Å². The lowest BCUT2D eigenvalue weighted by molar-refractivity contribution is -0.139. The van der Waals surface area contributed by atoms with E-state index < -0.39 is 17.9 Å². The molecule has 1 heterocycles. The van der Waals surface area contributed by atoms with Gasteiger partial charge in [0.25, 0.3) is 0 Å². The number of nitrogens with zero attached hydrogens (tertiary/aromatic N) is 1. The van der Waals surface area contributed by atoms with Crippen molar-refractivity contribution in [2.75, 3.05) is 20.3 Å². The Hall–Kier alpha value is -3.81. The van der Waals surface area contributed by atoms with Crippen LogP contribution in [0.5, 0.6) is 11.5 Å². The third kappa shape index (κ3) is 5.52. The van der Waals surface area contributed by atoms with Crippen LogP contribution in [0.4, 0.5) is 4.39 Å². The number of ether oxygens (including phenoxy) is 3. The Morgan fingerprint density at radius 3 is 2.03 bits per heavy atom. The number of phenolic OH excluding ortho intramolecular Hbond substituents is 1. The first kappa shape index (κ1) is 23.8. The van der Waals surface area contributed by atoms with Crippen molar-refractivity contribution in [3.63, 3.8) is 0 Å². The molecule has 33 heavy (non-hydrogen) atoms. The smallest absolute Gasteiger partial charge is 0.336 e. The fraction of sp³-hybridized carbons (Fsp3) is 0.280. The zero-order chi connectivity index (χ0) is 24.0. The lowest BCUT2D eigenvalue weighted by atomic mass is 9.83. The maximum absolute atomic E-state index is 13.3. The highest BCUT2D eigenvalue weighted by Crippen LogP contribution is 2.40. The van der Waals surface area contributed by atoms with Crippen LogP contribution in [0.25, 0.3) is 0 Å². The summed E-state index contributed by atoms with van der Waals surface area (Å²) in [6, 6.07) is 10.6. The Bertz CT molecular complexity index is 1040. The van der Waals surface area contributed by atoms with Crippen molar-refractivity contribution >= 4 is 11.9 Å². The molecule has 1 aliphatic rings. The van der Waals surface area contributed by atoms with Gasteiger partial charge in [0, 0.05) is 18.9 Å². The number of aromatic hydroxyl groups is 1. The third-order valence-corrected chi connectivity index (χ3v) is 5.07. The Labute approximate surface area is 191 Å². The average Bonchev–Trinajstić information content (AvgIpc) is 2.80. The van der Waals surface area contributed by atoms with E-state index in [2.05, 4.69) is 0 Å². The van der Waals surface area contributed by atoms with Crippen LogP contribution in [-0.4, -0.2) is 42.3 Å². The van der Waals surface area contributed by atoms with E-state index in [1.165, 1.54) is 25.3 Å². The van der Waals surface area contributed by atoms with Gasteiger partial charge in [0.2, 0.25) is 0 Å². The summed E-state index contributed by atoms with van der Waals surface area (Å²) in [7, 11) is 1.43. The van der Waals surface area contributed by atoms with E-state index in [4.69, 9.17) is 14.2 Å². The summed E-state index contributed by atoms with van der Waals surface area (Å²) < 4.78 is 28.9. The number of esters is 2. The molecule has 2 aromatic carbocycles. The number of hydrogen-bond donors (Lipinski definition) is 1.